The van der Waals surface area contributed by atoms with Crippen molar-refractivity contribution in [3.8, 4) is 0 Å². The number of H-pyrrole nitrogens is 1. The summed E-state index contributed by atoms with van der Waals surface area (Å²) in [4.78, 5) is 8.01. The number of aromatic amines is 1. The second-order valence-corrected chi connectivity index (χ2v) is 5.90. The fourth-order valence-corrected chi connectivity index (χ4v) is 3.23. The van der Waals surface area contributed by atoms with E-state index in [1.807, 2.05) is 12.4 Å². The van der Waals surface area contributed by atoms with Crippen molar-refractivity contribution in [2.24, 2.45) is 0 Å². The Bertz CT molecular complexity index is 714. The zero-order chi connectivity index (χ0) is 14.7. The summed E-state index contributed by atoms with van der Waals surface area (Å²) >= 11 is 1.75. The molecule has 0 spiro atoms. The van der Waals surface area contributed by atoms with Gasteiger partial charge in [-0.25, -0.2) is 4.98 Å². The van der Waals surface area contributed by atoms with Crippen LogP contribution in [0.5, 0.6) is 0 Å². The lowest BCUT2D eigenvalue weighted by atomic mass is 10.2. The van der Waals surface area contributed by atoms with E-state index in [2.05, 4.69) is 57.4 Å². The predicted octanol–water partition coefficient (Wildman–Crippen LogP) is 3.48. The minimum absolute atomic E-state index is 0.790. The van der Waals surface area contributed by atoms with Crippen molar-refractivity contribution < 1.29 is 0 Å². The second-order valence-electron chi connectivity index (χ2n) is 4.81. The molecule has 0 bridgehead atoms. The molecule has 1 aromatic carbocycles. The Morgan fingerprint density at radius 3 is 2.90 bits per heavy atom. The number of nitrogens with zero attached hydrogens (tertiary/aromatic N) is 3. The number of rotatable bonds is 6. The lowest BCUT2D eigenvalue weighted by Gasteiger charge is -2.16. The maximum atomic E-state index is 4.50. The van der Waals surface area contributed by atoms with Gasteiger partial charge in [0, 0.05) is 35.2 Å². The molecule has 0 saturated carbocycles. The number of hydrogen-bond acceptors (Lipinski definition) is 5. The highest BCUT2D eigenvalue weighted by Crippen LogP contribution is 2.23. The molecule has 3 rings (SSSR count). The van der Waals surface area contributed by atoms with E-state index in [1.165, 1.54) is 4.88 Å². The van der Waals surface area contributed by atoms with Gasteiger partial charge in [-0.1, -0.05) is 0 Å². The van der Waals surface area contributed by atoms with Crippen LogP contribution >= 0.6 is 11.3 Å². The first-order valence-corrected chi connectivity index (χ1v) is 7.98. The van der Waals surface area contributed by atoms with Crippen molar-refractivity contribution in [1.29, 1.82) is 0 Å². The highest BCUT2D eigenvalue weighted by Gasteiger charge is 2.07. The van der Waals surface area contributed by atoms with Crippen LogP contribution in [0.15, 0.2) is 30.6 Å². The molecule has 2 N–H and O–H groups in total. The summed E-state index contributed by atoms with van der Waals surface area (Å²) in [5.74, 6) is 0. The van der Waals surface area contributed by atoms with Crippen molar-refractivity contribution >= 4 is 33.1 Å². The third-order valence-electron chi connectivity index (χ3n) is 3.48. The highest BCUT2D eigenvalue weighted by molar-refractivity contribution is 7.15. The number of fused-ring (bicyclic) bond motifs is 1. The molecule has 5 nitrogen and oxygen atoms in total. The SMILES string of the molecule is CCN(CC)c1ncc(CNc2ccc3cn[nH]c3c2)s1. The third-order valence-corrected chi connectivity index (χ3v) is 4.54. The summed E-state index contributed by atoms with van der Waals surface area (Å²) in [6.45, 7) is 7.09. The van der Waals surface area contributed by atoms with E-state index >= 15 is 0 Å². The second kappa shape index (κ2) is 6.13. The molecule has 0 aliphatic rings. The minimum Gasteiger partial charge on any atom is -0.380 e. The summed E-state index contributed by atoms with van der Waals surface area (Å²) in [5.41, 5.74) is 2.14. The van der Waals surface area contributed by atoms with Crippen molar-refractivity contribution in [2.75, 3.05) is 23.3 Å². The lowest BCUT2D eigenvalue weighted by molar-refractivity contribution is 0.860. The Morgan fingerprint density at radius 1 is 1.24 bits per heavy atom. The van der Waals surface area contributed by atoms with Gasteiger partial charge in [-0.05, 0) is 32.0 Å². The van der Waals surface area contributed by atoms with Crippen LogP contribution in [0.25, 0.3) is 10.9 Å². The third kappa shape index (κ3) is 3.00. The Kier molecular flexibility index (Phi) is 4.06. The van der Waals surface area contributed by atoms with Gasteiger partial charge in [0.1, 0.15) is 0 Å². The van der Waals surface area contributed by atoms with E-state index < -0.39 is 0 Å². The van der Waals surface area contributed by atoms with Crippen LogP contribution in [0.1, 0.15) is 18.7 Å². The van der Waals surface area contributed by atoms with Crippen molar-refractivity contribution in [3.05, 3.63) is 35.5 Å². The maximum Gasteiger partial charge on any atom is 0.185 e. The van der Waals surface area contributed by atoms with E-state index in [4.69, 9.17) is 0 Å². The fourth-order valence-electron chi connectivity index (χ4n) is 2.26. The summed E-state index contributed by atoms with van der Waals surface area (Å²) in [5, 5.41) is 12.7. The van der Waals surface area contributed by atoms with Crippen LogP contribution in [0.4, 0.5) is 10.8 Å². The van der Waals surface area contributed by atoms with Gasteiger partial charge in [0.15, 0.2) is 5.13 Å². The van der Waals surface area contributed by atoms with E-state index in [1.54, 1.807) is 11.3 Å². The van der Waals surface area contributed by atoms with Crippen LogP contribution in [-0.4, -0.2) is 28.3 Å². The Balaban J connectivity index is 1.67. The quantitative estimate of drug-likeness (QED) is 0.732. The molecule has 21 heavy (non-hydrogen) atoms. The van der Waals surface area contributed by atoms with E-state index in [9.17, 15) is 0 Å². The van der Waals surface area contributed by atoms with E-state index in [0.717, 1.165) is 41.4 Å². The number of aromatic nitrogens is 3. The molecule has 0 unspecified atom stereocenters. The molecule has 0 saturated heterocycles. The Morgan fingerprint density at radius 2 is 2.10 bits per heavy atom. The van der Waals surface area contributed by atoms with Gasteiger partial charge in [0.2, 0.25) is 0 Å². The molecule has 0 radical (unpaired) electrons. The van der Waals surface area contributed by atoms with E-state index in [-0.39, 0.29) is 0 Å². The van der Waals surface area contributed by atoms with Gasteiger partial charge in [-0.15, -0.1) is 11.3 Å². The standard InChI is InChI=1S/C15H19N5S/c1-3-20(4-2)15-17-10-13(21-15)9-16-12-6-5-11-8-18-19-14(11)7-12/h5-8,10,16H,3-4,9H2,1-2H3,(H,18,19). The molecule has 3 aromatic rings. The van der Waals surface area contributed by atoms with Gasteiger partial charge in [0.25, 0.3) is 0 Å². The summed E-state index contributed by atoms with van der Waals surface area (Å²) in [7, 11) is 0. The molecule has 0 atom stereocenters. The summed E-state index contributed by atoms with van der Waals surface area (Å²) < 4.78 is 0. The van der Waals surface area contributed by atoms with Gasteiger partial charge in [-0.2, -0.15) is 5.10 Å². The predicted molar refractivity (Wildman–Crippen MR) is 89.1 cm³/mol. The van der Waals surface area contributed by atoms with Crippen molar-refractivity contribution in [3.63, 3.8) is 0 Å². The number of hydrogen-bond donors (Lipinski definition) is 2. The van der Waals surface area contributed by atoms with Gasteiger partial charge >= 0.3 is 0 Å². The van der Waals surface area contributed by atoms with Crippen molar-refractivity contribution in [1.82, 2.24) is 15.2 Å². The lowest BCUT2D eigenvalue weighted by Crippen LogP contribution is -2.21. The van der Waals surface area contributed by atoms with Crippen LogP contribution in [0.3, 0.4) is 0 Å². The maximum absolute atomic E-state index is 4.50. The zero-order valence-electron chi connectivity index (χ0n) is 12.3. The average molecular weight is 301 g/mol. The Hall–Kier alpha value is -2.08. The smallest absolute Gasteiger partial charge is 0.185 e. The molecule has 2 heterocycles. The van der Waals surface area contributed by atoms with Crippen molar-refractivity contribution in [2.45, 2.75) is 20.4 Å². The molecule has 0 aliphatic heterocycles. The fraction of sp³-hybridized carbons (Fsp3) is 0.333. The minimum atomic E-state index is 0.790. The monoisotopic (exact) mass is 301 g/mol. The van der Waals surface area contributed by atoms with Gasteiger partial charge < -0.3 is 10.2 Å². The number of benzene rings is 1. The van der Waals surface area contributed by atoms with Gasteiger partial charge in [0.05, 0.1) is 18.3 Å². The van der Waals surface area contributed by atoms with Crippen LogP contribution < -0.4 is 10.2 Å². The van der Waals surface area contributed by atoms with Crippen LogP contribution in [0, 0.1) is 0 Å². The molecule has 6 heteroatoms. The van der Waals surface area contributed by atoms with Gasteiger partial charge in [-0.3, -0.25) is 5.10 Å². The zero-order valence-corrected chi connectivity index (χ0v) is 13.1. The largest absolute Gasteiger partial charge is 0.380 e. The molecule has 2 aromatic heterocycles. The first-order chi connectivity index (χ1) is 10.3. The molecule has 0 amide bonds. The first kappa shape index (κ1) is 13.9. The van der Waals surface area contributed by atoms with Crippen LogP contribution in [-0.2, 0) is 6.54 Å². The number of nitrogens with one attached hydrogen (secondary N) is 2. The van der Waals surface area contributed by atoms with E-state index in [0.29, 0.717) is 0 Å². The molecular weight excluding hydrogens is 282 g/mol. The first-order valence-electron chi connectivity index (χ1n) is 7.16. The average Bonchev–Trinajstić information content (AvgIpc) is 3.15. The summed E-state index contributed by atoms with van der Waals surface area (Å²) in [6, 6.07) is 6.22. The molecule has 0 aliphatic carbocycles. The van der Waals surface area contributed by atoms with Crippen LogP contribution in [0.2, 0.25) is 0 Å². The number of thiazole rings is 1. The molecule has 110 valence electrons. The Labute approximate surface area is 128 Å². The topological polar surface area (TPSA) is 56.8 Å². The highest BCUT2D eigenvalue weighted by atomic mass is 32.1. The number of anilines is 2. The normalized spacial score (nSPS) is 11.0. The summed E-state index contributed by atoms with van der Waals surface area (Å²) in [6.07, 6.45) is 3.79. The molecule has 0 fully saturated rings. The molecular formula is C15H19N5S.